The van der Waals surface area contributed by atoms with Crippen LogP contribution >= 0.6 is 0 Å². The minimum Gasteiger partial charge on any atom is -0.340 e. The first-order chi connectivity index (χ1) is 9.15. The van der Waals surface area contributed by atoms with Crippen LogP contribution in [0.2, 0.25) is 0 Å². The molecule has 2 N–H and O–H groups in total. The van der Waals surface area contributed by atoms with E-state index in [0.29, 0.717) is 11.9 Å². The van der Waals surface area contributed by atoms with Gasteiger partial charge < -0.3 is 10.6 Å². The Balaban J connectivity index is 2.07. The number of rotatable bonds is 8. The fourth-order valence-corrected chi connectivity index (χ4v) is 2.96. The molecular weight excluding hydrogens is 236 g/mol. The number of likely N-dealkylation sites (tertiary alicyclic amines) is 1. The lowest BCUT2D eigenvalue weighted by Crippen LogP contribution is -2.48. The number of unbranched alkanes of at least 4 members (excludes halogenated alkanes) is 6. The molecule has 0 aromatic heterocycles. The smallest absolute Gasteiger partial charge is 0.222 e. The molecule has 0 bridgehead atoms. The van der Waals surface area contributed by atoms with E-state index >= 15 is 0 Å². The van der Waals surface area contributed by atoms with Crippen LogP contribution in [0, 0.1) is 0 Å². The summed E-state index contributed by atoms with van der Waals surface area (Å²) in [5.74, 6) is 0.341. The van der Waals surface area contributed by atoms with Crippen molar-refractivity contribution in [2.75, 3.05) is 6.54 Å². The summed E-state index contributed by atoms with van der Waals surface area (Å²) < 4.78 is 0. The number of amides is 1. The first-order valence-corrected chi connectivity index (χ1v) is 8.20. The van der Waals surface area contributed by atoms with Crippen LogP contribution in [-0.2, 0) is 4.79 Å². The van der Waals surface area contributed by atoms with Crippen LogP contribution in [0.25, 0.3) is 0 Å². The molecule has 0 aromatic rings. The number of nitrogens with zero attached hydrogens (tertiary/aromatic N) is 1. The second-order valence-corrected chi connectivity index (χ2v) is 6.09. The van der Waals surface area contributed by atoms with Crippen molar-refractivity contribution in [3.8, 4) is 0 Å². The lowest BCUT2D eigenvalue weighted by Gasteiger charge is -2.36. The highest BCUT2D eigenvalue weighted by molar-refractivity contribution is 5.76. The average Bonchev–Trinajstić information content (AvgIpc) is 2.37. The second-order valence-electron chi connectivity index (χ2n) is 6.09. The Bertz CT molecular complexity index is 255. The Morgan fingerprint density at radius 1 is 1.16 bits per heavy atom. The number of hydrogen-bond donors (Lipinski definition) is 1. The molecule has 1 heterocycles. The van der Waals surface area contributed by atoms with Crippen molar-refractivity contribution in [2.45, 2.75) is 90.1 Å². The van der Waals surface area contributed by atoms with Crippen LogP contribution < -0.4 is 5.73 Å². The lowest BCUT2D eigenvalue weighted by molar-refractivity contribution is -0.134. The van der Waals surface area contributed by atoms with Crippen LogP contribution in [0.3, 0.4) is 0 Å². The van der Waals surface area contributed by atoms with Crippen LogP contribution in [0.15, 0.2) is 0 Å². The zero-order valence-electron chi connectivity index (χ0n) is 12.9. The van der Waals surface area contributed by atoms with Gasteiger partial charge >= 0.3 is 0 Å². The lowest BCUT2D eigenvalue weighted by atomic mass is 9.98. The average molecular weight is 268 g/mol. The van der Waals surface area contributed by atoms with Crippen molar-refractivity contribution in [1.82, 2.24) is 4.90 Å². The Morgan fingerprint density at radius 3 is 2.42 bits per heavy atom. The second kappa shape index (κ2) is 9.35. The van der Waals surface area contributed by atoms with Crippen LogP contribution in [0.4, 0.5) is 0 Å². The SMILES string of the molecule is CCCCCCCCCC(=O)N1CCC(N)CC1C. The molecule has 2 atom stereocenters. The zero-order chi connectivity index (χ0) is 14.1. The third-order valence-corrected chi connectivity index (χ3v) is 4.23. The van der Waals surface area contributed by atoms with Crippen LogP contribution in [-0.4, -0.2) is 29.4 Å². The van der Waals surface area contributed by atoms with Gasteiger partial charge in [0.25, 0.3) is 0 Å². The Labute approximate surface area is 118 Å². The summed E-state index contributed by atoms with van der Waals surface area (Å²) in [5.41, 5.74) is 5.93. The highest BCUT2D eigenvalue weighted by atomic mass is 16.2. The summed E-state index contributed by atoms with van der Waals surface area (Å²) >= 11 is 0. The largest absolute Gasteiger partial charge is 0.340 e. The number of hydrogen-bond acceptors (Lipinski definition) is 2. The first kappa shape index (κ1) is 16.5. The van der Waals surface area contributed by atoms with E-state index in [1.165, 1.54) is 38.5 Å². The predicted octanol–water partition coefficient (Wildman–Crippen LogP) is 3.47. The molecule has 1 fully saturated rings. The van der Waals surface area contributed by atoms with Crippen molar-refractivity contribution >= 4 is 5.91 Å². The van der Waals surface area contributed by atoms with Crippen molar-refractivity contribution in [1.29, 1.82) is 0 Å². The highest BCUT2D eigenvalue weighted by Crippen LogP contribution is 2.18. The minimum absolute atomic E-state index is 0.289. The molecule has 3 heteroatoms. The van der Waals surface area contributed by atoms with E-state index in [1.807, 2.05) is 4.90 Å². The van der Waals surface area contributed by atoms with Crippen molar-refractivity contribution in [3.05, 3.63) is 0 Å². The maximum absolute atomic E-state index is 12.1. The van der Waals surface area contributed by atoms with Gasteiger partial charge in [0.15, 0.2) is 0 Å². The molecule has 0 aliphatic carbocycles. The summed E-state index contributed by atoms with van der Waals surface area (Å²) in [5, 5.41) is 0. The monoisotopic (exact) mass is 268 g/mol. The molecule has 0 aromatic carbocycles. The molecule has 0 spiro atoms. The van der Waals surface area contributed by atoms with Crippen molar-refractivity contribution in [3.63, 3.8) is 0 Å². The third kappa shape index (κ3) is 6.42. The van der Waals surface area contributed by atoms with Gasteiger partial charge in [-0.25, -0.2) is 0 Å². The minimum atomic E-state index is 0.289. The van der Waals surface area contributed by atoms with E-state index in [1.54, 1.807) is 0 Å². The fourth-order valence-electron chi connectivity index (χ4n) is 2.96. The third-order valence-electron chi connectivity index (χ3n) is 4.23. The fraction of sp³-hybridized carbons (Fsp3) is 0.938. The van der Waals surface area contributed by atoms with Gasteiger partial charge in [0.1, 0.15) is 0 Å². The summed E-state index contributed by atoms with van der Waals surface area (Å²) in [6.45, 7) is 5.23. The Hall–Kier alpha value is -0.570. The highest BCUT2D eigenvalue weighted by Gasteiger charge is 2.26. The number of carbonyl (C=O) groups excluding carboxylic acids is 1. The standard InChI is InChI=1S/C16H32N2O/c1-3-4-5-6-7-8-9-10-16(19)18-12-11-15(17)13-14(18)2/h14-15H,3-13,17H2,1-2H3. The van der Waals surface area contributed by atoms with E-state index in [-0.39, 0.29) is 6.04 Å². The van der Waals surface area contributed by atoms with Gasteiger partial charge in [0, 0.05) is 25.0 Å². The normalized spacial score (nSPS) is 23.6. The molecule has 1 amide bonds. The van der Waals surface area contributed by atoms with E-state index in [0.717, 1.165) is 32.2 Å². The maximum atomic E-state index is 12.1. The number of piperidine rings is 1. The van der Waals surface area contributed by atoms with Crippen LogP contribution in [0.5, 0.6) is 0 Å². The maximum Gasteiger partial charge on any atom is 0.222 e. The topological polar surface area (TPSA) is 46.3 Å². The predicted molar refractivity (Wildman–Crippen MR) is 81.0 cm³/mol. The molecule has 112 valence electrons. The first-order valence-electron chi connectivity index (χ1n) is 8.20. The number of carbonyl (C=O) groups is 1. The molecule has 19 heavy (non-hydrogen) atoms. The number of nitrogens with two attached hydrogens (primary N) is 1. The summed E-state index contributed by atoms with van der Waals surface area (Å²) in [6.07, 6.45) is 11.5. The molecular formula is C16H32N2O. The quantitative estimate of drug-likeness (QED) is 0.685. The zero-order valence-corrected chi connectivity index (χ0v) is 12.9. The van der Waals surface area contributed by atoms with E-state index in [2.05, 4.69) is 13.8 Å². The van der Waals surface area contributed by atoms with E-state index < -0.39 is 0 Å². The van der Waals surface area contributed by atoms with Gasteiger partial charge in [-0.05, 0) is 26.2 Å². The van der Waals surface area contributed by atoms with Gasteiger partial charge in [-0.15, -0.1) is 0 Å². The van der Waals surface area contributed by atoms with Gasteiger partial charge in [-0.1, -0.05) is 45.4 Å². The van der Waals surface area contributed by atoms with Gasteiger partial charge in [-0.2, -0.15) is 0 Å². The summed E-state index contributed by atoms with van der Waals surface area (Å²) in [7, 11) is 0. The van der Waals surface area contributed by atoms with Gasteiger partial charge in [0.2, 0.25) is 5.91 Å². The van der Waals surface area contributed by atoms with E-state index in [9.17, 15) is 4.79 Å². The molecule has 2 unspecified atom stereocenters. The van der Waals surface area contributed by atoms with Gasteiger partial charge in [0.05, 0.1) is 0 Å². The molecule has 1 aliphatic rings. The Morgan fingerprint density at radius 2 is 1.79 bits per heavy atom. The molecule has 0 radical (unpaired) electrons. The van der Waals surface area contributed by atoms with E-state index in [4.69, 9.17) is 5.73 Å². The summed E-state index contributed by atoms with van der Waals surface area (Å²) in [4.78, 5) is 14.2. The Kier molecular flexibility index (Phi) is 8.11. The molecule has 1 aliphatic heterocycles. The van der Waals surface area contributed by atoms with Crippen LogP contribution in [0.1, 0.15) is 78.1 Å². The summed E-state index contributed by atoms with van der Waals surface area (Å²) in [6, 6.07) is 0.624. The molecule has 1 saturated heterocycles. The molecule has 3 nitrogen and oxygen atoms in total. The van der Waals surface area contributed by atoms with Crippen molar-refractivity contribution < 1.29 is 4.79 Å². The van der Waals surface area contributed by atoms with Gasteiger partial charge in [-0.3, -0.25) is 4.79 Å². The van der Waals surface area contributed by atoms with Crippen molar-refractivity contribution in [2.24, 2.45) is 5.73 Å². The molecule has 0 saturated carbocycles. The molecule has 1 rings (SSSR count).